The van der Waals surface area contributed by atoms with Crippen LogP contribution in [0.3, 0.4) is 0 Å². The molecule has 0 atom stereocenters. The van der Waals surface area contributed by atoms with Crippen molar-refractivity contribution < 1.29 is 13.2 Å². The van der Waals surface area contributed by atoms with Gasteiger partial charge in [0.1, 0.15) is 0 Å². The van der Waals surface area contributed by atoms with Gasteiger partial charge in [0, 0.05) is 17.8 Å². The Bertz CT molecular complexity index is 1010. The Kier molecular flexibility index (Phi) is 4.44. The molecule has 0 spiro atoms. The van der Waals surface area contributed by atoms with Crippen molar-refractivity contribution in [1.82, 2.24) is 10.4 Å². The van der Waals surface area contributed by atoms with Crippen molar-refractivity contribution in [1.29, 1.82) is 0 Å². The SMILES string of the molecule is Cc1cc(-c2cccc(NS(C)(=O)=O)c2)cc2c1C(=O)N(NCC1CC1)C2. The molecule has 2 N–H and O–H groups in total. The summed E-state index contributed by atoms with van der Waals surface area (Å²) >= 11 is 0. The Labute approximate surface area is 159 Å². The van der Waals surface area contributed by atoms with E-state index < -0.39 is 10.0 Å². The summed E-state index contributed by atoms with van der Waals surface area (Å²) < 4.78 is 25.5. The van der Waals surface area contributed by atoms with Crippen molar-refractivity contribution in [2.75, 3.05) is 17.5 Å². The minimum Gasteiger partial charge on any atom is -0.284 e. The quantitative estimate of drug-likeness (QED) is 0.801. The van der Waals surface area contributed by atoms with Gasteiger partial charge in [0.05, 0.1) is 12.8 Å². The molecular formula is C20H23N3O3S. The van der Waals surface area contributed by atoms with Crippen LogP contribution in [0, 0.1) is 12.8 Å². The van der Waals surface area contributed by atoms with Crippen LogP contribution in [0.2, 0.25) is 0 Å². The van der Waals surface area contributed by atoms with Gasteiger partial charge >= 0.3 is 0 Å². The van der Waals surface area contributed by atoms with E-state index >= 15 is 0 Å². The van der Waals surface area contributed by atoms with Gasteiger partial charge in [0.2, 0.25) is 10.0 Å². The van der Waals surface area contributed by atoms with E-state index in [1.165, 1.54) is 12.8 Å². The van der Waals surface area contributed by atoms with Gasteiger partial charge in [0.15, 0.2) is 0 Å². The third kappa shape index (κ3) is 3.99. The van der Waals surface area contributed by atoms with Crippen LogP contribution in [-0.4, -0.2) is 32.1 Å². The van der Waals surface area contributed by atoms with E-state index in [0.717, 1.165) is 40.6 Å². The highest BCUT2D eigenvalue weighted by Crippen LogP contribution is 2.33. The van der Waals surface area contributed by atoms with Crippen LogP contribution in [0.15, 0.2) is 36.4 Å². The number of carbonyl (C=O) groups excluding carboxylic acids is 1. The standard InChI is InChI=1S/C20H23N3O3S/c1-13-8-16(15-4-3-5-18(10-15)22-27(2,25)26)9-17-12-23(20(24)19(13)17)21-11-14-6-7-14/h3-5,8-10,14,21-22H,6-7,11-12H2,1-2H3. The molecule has 4 rings (SSSR count). The van der Waals surface area contributed by atoms with Crippen LogP contribution < -0.4 is 10.1 Å². The number of carbonyl (C=O) groups is 1. The third-order valence-electron chi connectivity index (χ3n) is 4.97. The molecule has 0 unspecified atom stereocenters. The Morgan fingerprint density at radius 1 is 1.15 bits per heavy atom. The molecule has 7 heteroatoms. The largest absolute Gasteiger partial charge is 0.284 e. The molecule has 1 saturated carbocycles. The molecule has 1 amide bonds. The zero-order chi connectivity index (χ0) is 19.2. The highest BCUT2D eigenvalue weighted by atomic mass is 32.2. The fourth-order valence-electron chi connectivity index (χ4n) is 3.50. The number of hydrazine groups is 1. The van der Waals surface area contributed by atoms with Crippen LogP contribution in [0.5, 0.6) is 0 Å². The molecule has 2 aliphatic rings. The van der Waals surface area contributed by atoms with E-state index in [4.69, 9.17) is 0 Å². The van der Waals surface area contributed by atoms with Crippen LogP contribution >= 0.6 is 0 Å². The first-order chi connectivity index (χ1) is 12.8. The summed E-state index contributed by atoms with van der Waals surface area (Å²) in [6, 6.07) is 11.3. The number of sulfonamides is 1. The van der Waals surface area contributed by atoms with Crippen LogP contribution in [0.1, 0.15) is 34.3 Å². The van der Waals surface area contributed by atoms with E-state index in [1.807, 2.05) is 37.3 Å². The number of amides is 1. The molecule has 0 radical (unpaired) electrons. The maximum atomic E-state index is 12.7. The zero-order valence-corrected chi connectivity index (χ0v) is 16.3. The van der Waals surface area contributed by atoms with Crippen molar-refractivity contribution in [2.24, 2.45) is 5.92 Å². The Morgan fingerprint density at radius 2 is 1.93 bits per heavy atom. The summed E-state index contributed by atoms with van der Waals surface area (Å²) in [7, 11) is -3.33. The van der Waals surface area contributed by atoms with Crippen LogP contribution in [-0.2, 0) is 16.6 Å². The fraction of sp³-hybridized carbons (Fsp3) is 0.350. The Balaban J connectivity index is 1.61. The molecule has 1 aliphatic heterocycles. The van der Waals surface area contributed by atoms with E-state index in [2.05, 4.69) is 10.1 Å². The lowest BCUT2D eigenvalue weighted by molar-refractivity contribution is 0.0680. The van der Waals surface area contributed by atoms with E-state index in [-0.39, 0.29) is 5.91 Å². The lowest BCUT2D eigenvalue weighted by Crippen LogP contribution is -2.39. The lowest BCUT2D eigenvalue weighted by Gasteiger charge is -2.16. The van der Waals surface area contributed by atoms with Crippen molar-refractivity contribution in [2.45, 2.75) is 26.3 Å². The van der Waals surface area contributed by atoms with Gasteiger partial charge in [-0.2, -0.15) is 0 Å². The van der Waals surface area contributed by atoms with Gasteiger partial charge in [-0.05, 0) is 66.1 Å². The molecule has 27 heavy (non-hydrogen) atoms. The summed E-state index contributed by atoms with van der Waals surface area (Å²) in [5, 5.41) is 1.71. The average molecular weight is 385 g/mol. The van der Waals surface area contributed by atoms with Gasteiger partial charge in [-0.15, -0.1) is 0 Å². The summed E-state index contributed by atoms with van der Waals surface area (Å²) in [4.78, 5) is 12.7. The highest BCUT2D eigenvalue weighted by Gasteiger charge is 2.31. The smallest absolute Gasteiger partial charge is 0.268 e. The maximum Gasteiger partial charge on any atom is 0.268 e. The summed E-state index contributed by atoms with van der Waals surface area (Å²) in [5.41, 5.74) is 8.38. The second-order valence-corrected chi connectivity index (χ2v) is 9.23. The number of fused-ring (bicyclic) bond motifs is 1. The molecule has 2 aromatic rings. The topological polar surface area (TPSA) is 78.5 Å². The van der Waals surface area contributed by atoms with Crippen molar-refractivity contribution >= 4 is 21.6 Å². The molecular weight excluding hydrogens is 362 g/mol. The van der Waals surface area contributed by atoms with Crippen molar-refractivity contribution in [3.8, 4) is 11.1 Å². The normalized spacial score (nSPS) is 16.5. The second kappa shape index (κ2) is 6.65. The fourth-order valence-corrected chi connectivity index (χ4v) is 4.06. The van der Waals surface area contributed by atoms with Gasteiger partial charge in [-0.25, -0.2) is 13.8 Å². The minimum absolute atomic E-state index is 0.0298. The molecule has 2 aromatic carbocycles. The maximum absolute atomic E-state index is 12.7. The molecule has 1 aliphatic carbocycles. The summed E-state index contributed by atoms with van der Waals surface area (Å²) in [6.45, 7) is 3.35. The van der Waals surface area contributed by atoms with Crippen molar-refractivity contribution in [3.63, 3.8) is 0 Å². The Morgan fingerprint density at radius 3 is 2.63 bits per heavy atom. The first-order valence-corrected chi connectivity index (χ1v) is 11.0. The summed E-state index contributed by atoms with van der Waals surface area (Å²) in [5.74, 6) is 0.727. The number of nitrogens with one attached hydrogen (secondary N) is 2. The number of hydrogen-bond donors (Lipinski definition) is 2. The predicted octanol–water partition coefficient (Wildman–Crippen LogP) is 2.90. The zero-order valence-electron chi connectivity index (χ0n) is 15.5. The van der Waals surface area contributed by atoms with Gasteiger partial charge in [0.25, 0.3) is 5.91 Å². The van der Waals surface area contributed by atoms with E-state index in [0.29, 0.717) is 18.2 Å². The molecule has 6 nitrogen and oxygen atoms in total. The minimum atomic E-state index is -3.33. The average Bonchev–Trinajstić information content (AvgIpc) is 3.35. The summed E-state index contributed by atoms with van der Waals surface area (Å²) in [6.07, 6.45) is 3.61. The molecule has 0 aromatic heterocycles. The van der Waals surface area contributed by atoms with Crippen molar-refractivity contribution in [3.05, 3.63) is 53.1 Å². The monoisotopic (exact) mass is 385 g/mol. The first-order valence-electron chi connectivity index (χ1n) is 9.07. The number of benzene rings is 2. The van der Waals surface area contributed by atoms with E-state index in [9.17, 15) is 13.2 Å². The highest BCUT2D eigenvalue weighted by molar-refractivity contribution is 7.92. The first kappa shape index (κ1) is 18.0. The molecule has 1 heterocycles. The number of rotatable bonds is 6. The third-order valence-corrected chi connectivity index (χ3v) is 5.58. The van der Waals surface area contributed by atoms with Gasteiger partial charge < -0.3 is 0 Å². The lowest BCUT2D eigenvalue weighted by atomic mass is 9.96. The number of anilines is 1. The number of nitrogens with zero attached hydrogens (tertiary/aromatic N) is 1. The van der Waals surface area contributed by atoms with Gasteiger partial charge in [-0.3, -0.25) is 14.5 Å². The van der Waals surface area contributed by atoms with Gasteiger partial charge in [-0.1, -0.05) is 18.2 Å². The molecule has 142 valence electrons. The second-order valence-electron chi connectivity index (χ2n) is 7.48. The van der Waals surface area contributed by atoms with Crippen LogP contribution in [0.4, 0.5) is 5.69 Å². The molecule has 1 fully saturated rings. The molecule has 0 bridgehead atoms. The van der Waals surface area contributed by atoms with E-state index in [1.54, 1.807) is 11.1 Å². The number of hydrogen-bond acceptors (Lipinski definition) is 4. The number of aryl methyl sites for hydroxylation is 1. The Hall–Kier alpha value is -2.38. The predicted molar refractivity (Wildman–Crippen MR) is 106 cm³/mol. The molecule has 0 saturated heterocycles. The van der Waals surface area contributed by atoms with Crippen LogP contribution in [0.25, 0.3) is 11.1 Å².